The van der Waals surface area contributed by atoms with Gasteiger partial charge >= 0.3 is 6.09 Å². The molecule has 0 aliphatic carbocycles. The predicted octanol–water partition coefficient (Wildman–Crippen LogP) is 2.48. The van der Waals surface area contributed by atoms with E-state index in [2.05, 4.69) is 26.2 Å². The molecule has 2 aromatic rings. The zero-order valence-corrected chi connectivity index (χ0v) is 13.6. The number of alkyl carbamates (subject to hydrolysis) is 1. The molecule has 0 aliphatic heterocycles. The van der Waals surface area contributed by atoms with Crippen molar-refractivity contribution >= 4 is 27.7 Å². The number of hydrogen-bond donors (Lipinski definition) is 1. The summed E-state index contributed by atoms with van der Waals surface area (Å²) in [6.07, 6.45) is 1.10. The average molecular weight is 354 g/mol. The molecule has 2 rings (SSSR count). The Bertz CT molecular complexity index is 734. The van der Waals surface area contributed by atoms with E-state index >= 15 is 0 Å². The van der Waals surface area contributed by atoms with Crippen LogP contribution in [0, 0.1) is 0 Å². The van der Waals surface area contributed by atoms with Gasteiger partial charge in [0.05, 0.1) is 12.2 Å². The number of halogens is 1. The number of nitrogens with zero attached hydrogens (tertiary/aromatic N) is 2. The van der Waals surface area contributed by atoms with Crippen molar-refractivity contribution in [3.05, 3.63) is 44.9 Å². The van der Waals surface area contributed by atoms with Gasteiger partial charge < -0.3 is 10.1 Å². The standard InChI is InChI=1S/C14H16BrN3O3/c1-14(2,3)21-13(20)16-8-10-7-12(19)18-5-4-9(15)6-11(18)17-10/h4-7H,8H2,1-3H3,(H,16,20). The van der Waals surface area contributed by atoms with Gasteiger partial charge in [0.2, 0.25) is 0 Å². The molecule has 0 bridgehead atoms. The second-order valence-electron chi connectivity index (χ2n) is 5.51. The van der Waals surface area contributed by atoms with Gasteiger partial charge in [0.25, 0.3) is 5.56 Å². The van der Waals surface area contributed by atoms with Crippen LogP contribution in [-0.2, 0) is 11.3 Å². The van der Waals surface area contributed by atoms with Crippen LogP contribution in [0.25, 0.3) is 5.65 Å². The molecule has 7 heteroatoms. The van der Waals surface area contributed by atoms with E-state index in [0.717, 1.165) is 4.47 Å². The maximum absolute atomic E-state index is 11.9. The number of carbonyl (C=O) groups excluding carboxylic acids is 1. The fraction of sp³-hybridized carbons (Fsp3) is 0.357. The van der Waals surface area contributed by atoms with Gasteiger partial charge in [-0.2, -0.15) is 0 Å². The Hall–Kier alpha value is -1.89. The van der Waals surface area contributed by atoms with Crippen molar-refractivity contribution in [2.24, 2.45) is 0 Å². The van der Waals surface area contributed by atoms with Gasteiger partial charge in [-0.25, -0.2) is 9.78 Å². The number of aromatic nitrogens is 2. The van der Waals surface area contributed by atoms with Gasteiger partial charge in [0.1, 0.15) is 11.2 Å². The largest absolute Gasteiger partial charge is 0.444 e. The predicted molar refractivity (Wildman–Crippen MR) is 82.2 cm³/mol. The lowest BCUT2D eigenvalue weighted by molar-refractivity contribution is 0.0523. The summed E-state index contributed by atoms with van der Waals surface area (Å²) in [4.78, 5) is 27.9. The highest BCUT2D eigenvalue weighted by atomic mass is 79.9. The van der Waals surface area contributed by atoms with Gasteiger partial charge in [-0.3, -0.25) is 9.20 Å². The third-order valence-electron chi connectivity index (χ3n) is 2.50. The second-order valence-corrected chi connectivity index (χ2v) is 6.43. The van der Waals surface area contributed by atoms with Crippen LogP contribution in [0.4, 0.5) is 4.79 Å². The first-order chi connectivity index (χ1) is 9.74. The van der Waals surface area contributed by atoms with E-state index in [-0.39, 0.29) is 12.1 Å². The van der Waals surface area contributed by atoms with Gasteiger partial charge in [0.15, 0.2) is 0 Å². The van der Waals surface area contributed by atoms with Crippen LogP contribution in [0.5, 0.6) is 0 Å². The van der Waals surface area contributed by atoms with Gasteiger partial charge in [-0.05, 0) is 32.9 Å². The third kappa shape index (κ3) is 4.29. The lowest BCUT2D eigenvalue weighted by Gasteiger charge is -2.19. The zero-order valence-electron chi connectivity index (χ0n) is 12.0. The Balaban J connectivity index is 2.16. The van der Waals surface area contributed by atoms with Crippen LogP contribution in [-0.4, -0.2) is 21.1 Å². The van der Waals surface area contributed by atoms with E-state index < -0.39 is 11.7 Å². The maximum Gasteiger partial charge on any atom is 0.407 e. The molecule has 1 N–H and O–H groups in total. The minimum atomic E-state index is -0.564. The molecule has 0 fully saturated rings. The van der Waals surface area contributed by atoms with E-state index in [4.69, 9.17) is 4.74 Å². The van der Waals surface area contributed by atoms with Gasteiger partial charge in [-0.1, -0.05) is 15.9 Å². The molecule has 2 aromatic heterocycles. The molecular weight excluding hydrogens is 338 g/mol. The summed E-state index contributed by atoms with van der Waals surface area (Å²) in [7, 11) is 0. The number of fused-ring (bicyclic) bond motifs is 1. The van der Waals surface area contributed by atoms with Crippen LogP contribution >= 0.6 is 15.9 Å². The highest BCUT2D eigenvalue weighted by Gasteiger charge is 2.16. The Labute approximate surface area is 130 Å². The van der Waals surface area contributed by atoms with Crippen molar-refractivity contribution < 1.29 is 9.53 Å². The summed E-state index contributed by atoms with van der Waals surface area (Å²) in [6.45, 7) is 5.48. The minimum Gasteiger partial charge on any atom is -0.444 e. The van der Waals surface area contributed by atoms with Crippen molar-refractivity contribution in [2.75, 3.05) is 0 Å². The number of carbonyl (C=O) groups is 1. The molecule has 0 unspecified atom stereocenters. The van der Waals surface area contributed by atoms with Gasteiger partial charge in [0, 0.05) is 16.7 Å². The Kier molecular flexibility index (Phi) is 4.32. The fourth-order valence-corrected chi connectivity index (χ4v) is 2.02. The molecule has 21 heavy (non-hydrogen) atoms. The number of hydrogen-bond acceptors (Lipinski definition) is 4. The number of rotatable bonds is 2. The average Bonchev–Trinajstić information content (AvgIpc) is 2.33. The van der Waals surface area contributed by atoms with Crippen LogP contribution in [0.2, 0.25) is 0 Å². The first kappa shape index (κ1) is 15.5. The fourth-order valence-electron chi connectivity index (χ4n) is 1.69. The summed E-state index contributed by atoms with van der Waals surface area (Å²) >= 11 is 3.33. The van der Waals surface area contributed by atoms with Crippen molar-refractivity contribution in [1.82, 2.24) is 14.7 Å². The summed E-state index contributed by atoms with van der Waals surface area (Å²) in [5.41, 5.74) is 0.223. The molecule has 0 saturated heterocycles. The topological polar surface area (TPSA) is 72.7 Å². The second kappa shape index (κ2) is 5.85. The first-order valence-corrected chi connectivity index (χ1v) is 7.18. The summed E-state index contributed by atoms with van der Waals surface area (Å²) in [6, 6.07) is 4.88. The molecule has 0 saturated carbocycles. The highest BCUT2D eigenvalue weighted by Crippen LogP contribution is 2.11. The molecule has 1 amide bonds. The van der Waals surface area contributed by atoms with E-state index in [9.17, 15) is 9.59 Å². The molecule has 2 heterocycles. The number of nitrogens with one attached hydrogen (secondary N) is 1. The Morgan fingerprint density at radius 1 is 1.43 bits per heavy atom. The van der Waals surface area contributed by atoms with Gasteiger partial charge in [-0.15, -0.1) is 0 Å². The maximum atomic E-state index is 11.9. The SMILES string of the molecule is CC(C)(C)OC(=O)NCc1cc(=O)n2ccc(Br)cc2n1. The van der Waals surface area contributed by atoms with Crippen molar-refractivity contribution in [2.45, 2.75) is 32.9 Å². The van der Waals surface area contributed by atoms with Crippen LogP contribution in [0.15, 0.2) is 33.7 Å². The number of pyridine rings is 1. The molecule has 6 nitrogen and oxygen atoms in total. The first-order valence-electron chi connectivity index (χ1n) is 6.39. The molecule has 0 atom stereocenters. The molecule has 0 radical (unpaired) electrons. The monoisotopic (exact) mass is 353 g/mol. The molecule has 0 aliphatic rings. The summed E-state index contributed by atoms with van der Waals surface area (Å²) < 4.78 is 7.39. The molecular formula is C14H16BrN3O3. The summed E-state index contributed by atoms with van der Waals surface area (Å²) in [5, 5.41) is 2.58. The minimum absolute atomic E-state index is 0.132. The van der Waals surface area contributed by atoms with Crippen molar-refractivity contribution in [3.63, 3.8) is 0 Å². The zero-order chi connectivity index (χ0) is 15.6. The molecule has 0 spiro atoms. The normalized spacial score (nSPS) is 11.4. The van der Waals surface area contributed by atoms with Crippen LogP contribution in [0.3, 0.4) is 0 Å². The highest BCUT2D eigenvalue weighted by molar-refractivity contribution is 9.10. The van der Waals surface area contributed by atoms with E-state index in [1.54, 1.807) is 39.1 Å². The van der Waals surface area contributed by atoms with E-state index in [1.807, 2.05) is 0 Å². The van der Waals surface area contributed by atoms with Crippen LogP contribution < -0.4 is 10.9 Å². The smallest absolute Gasteiger partial charge is 0.407 e. The van der Waals surface area contributed by atoms with E-state index in [1.165, 1.54) is 10.5 Å². The van der Waals surface area contributed by atoms with E-state index in [0.29, 0.717) is 11.3 Å². The lowest BCUT2D eigenvalue weighted by atomic mass is 10.2. The molecule has 112 valence electrons. The summed E-state index contributed by atoms with van der Waals surface area (Å²) in [5.74, 6) is 0. The molecule has 0 aromatic carbocycles. The van der Waals surface area contributed by atoms with Crippen molar-refractivity contribution in [1.29, 1.82) is 0 Å². The Morgan fingerprint density at radius 3 is 2.81 bits per heavy atom. The third-order valence-corrected chi connectivity index (χ3v) is 2.99. The quantitative estimate of drug-likeness (QED) is 0.899. The Morgan fingerprint density at radius 2 is 2.14 bits per heavy atom. The number of ether oxygens (including phenoxy) is 1. The van der Waals surface area contributed by atoms with Crippen molar-refractivity contribution in [3.8, 4) is 0 Å². The van der Waals surface area contributed by atoms with Crippen LogP contribution in [0.1, 0.15) is 26.5 Å². The lowest BCUT2D eigenvalue weighted by Crippen LogP contribution is -2.32. The number of amides is 1.